The molecule has 3 aromatic carbocycles. The van der Waals surface area contributed by atoms with Crippen LogP contribution in [0, 0.1) is 0 Å². The van der Waals surface area contributed by atoms with Crippen LogP contribution in [-0.4, -0.2) is 31.0 Å². The first kappa shape index (κ1) is 26.3. The molecule has 0 saturated heterocycles. The van der Waals surface area contributed by atoms with Crippen LogP contribution in [0.1, 0.15) is 51.2 Å². The molecule has 1 amide bonds. The van der Waals surface area contributed by atoms with E-state index in [1.54, 1.807) is 18.9 Å². The van der Waals surface area contributed by atoms with Crippen LogP contribution in [-0.2, 0) is 17.6 Å². The zero-order valence-electron chi connectivity index (χ0n) is 21.8. The molecule has 0 bridgehead atoms. The van der Waals surface area contributed by atoms with E-state index in [4.69, 9.17) is 4.74 Å². The SMILES string of the molecule is C=C(C)C(=O)N(C)CCOc1ccc(-c2ccc(-c3ccc(CCCCC)cc3)cc2CC)cc1. The molecule has 3 rings (SSSR count). The Morgan fingerprint density at radius 2 is 1.54 bits per heavy atom. The van der Waals surface area contributed by atoms with Crippen LogP contribution < -0.4 is 4.74 Å². The molecule has 0 spiro atoms. The van der Waals surface area contributed by atoms with E-state index < -0.39 is 0 Å². The van der Waals surface area contributed by atoms with Gasteiger partial charge in [0.25, 0.3) is 0 Å². The second-order valence-corrected chi connectivity index (χ2v) is 9.26. The smallest absolute Gasteiger partial charge is 0.248 e. The third-order valence-electron chi connectivity index (χ3n) is 6.41. The highest BCUT2D eigenvalue weighted by Crippen LogP contribution is 2.31. The molecule has 0 radical (unpaired) electrons. The molecular weight excluding hydrogens is 430 g/mol. The number of amides is 1. The number of benzene rings is 3. The van der Waals surface area contributed by atoms with Gasteiger partial charge in [0.1, 0.15) is 12.4 Å². The molecule has 0 aliphatic heterocycles. The van der Waals surface area contributed by atoms with Crippen molar-refractivity contribution in [2.75, 3.05) is 20.2 Å². The lowest BCUT2D eigenvalue weighted by atomic mass is 9.93. The minimum Gasteiger partial charge on any atom is -0.492 e. The van der Waals surface area contributed by atoms with Gasteiger partial charge < -0.3 is 9.64 Å². The second kappa shape index (κ2) is 12.9. The Morgan fingerprint density at radius 3 is 2.17 bits per heavy atom. The fourth-order valence-corrected chi connectivity index (χ4v) is 4.25. The average molecular weight is 470 g/mol. The lowest BCUT2D eigenvalue weighted by molar-refractivity contribution is -0.126. The summed E-state index contributed by atoms with van der Waals surface area (Å²) in [6.07, 6.45) is 5.95. The van der Waals surface area contributed by atoms with Gasteiger partial charge in [0, 0.05) is 12.6 Å². The molecule has 0 saturated carbocycles. The zero-order chi connectivity index (χ0) is 25.2. The third kappa shape index (κ3) is 7.32. The largest absolute Gasteiger partial charge is 0.492 e. The Morgan fingerprint density at radius 1 is 0.886 bits per heavy atom. The van der Waals surface area contributed by atoms with Crippen molar-refractivity contribution in [2.45, 2.75) is 52.9 Å². The molecule has 3 heteroatoms. The van der Waals surface area contributed by atoms with Crippen molar-refractivity contribution in [3.8, 4) is 28.0 Å². The van der Waals surface area contributed by atoms with Crippen LogP contribution >= 0.6 is 0 Å². The summed E-state index contributed by atoms with van der Waals surface area (Å²) in [4.78, 5) is 13.5. The van der Waals surface area contributed by atoms with Crippen LogP contribution in [0.2, 0.25) is 0 Å². The fraction of sp³-hybridized carbons (Fsp3) is 0.344. The van der Waals surface area contributed by atoms with Gasteiger partial charge in [-0.25, -0.2) is 0 Å². The maximum Gasteiger partial charge on any atom is 0.248 e. The van der Waals surface area contributed by atoms with Gasteiger partial charge in [-0.1, -0.05) is 87.9 Å². The highest BCUT2D eigenvalue weighted by atomic mass is 16.5. The van der Waals surface area contributed by atoms with Crippen molar-refractivity contribution in [3.63, 3.8) is 0 Å². The van der Waals surface area contributed by atoms with Gasteiger partial charge in [-0.3, -0.25) is 4.79 Å². The van der Waals surface area contributed by atoms with Gasteiger partial charge in [-0.15, -0.1) is 0 Å². The van der Waals surface area contributed by atoms with Gasteiger partial charge in [0.2, 0.25) is 5.91 Å². The van der Waals surface area contributed by atoms with Gasteiger partial charge in [0.15, 0.2) is 0 Å². The summed E-state index contributed by atoms with van der Waals surface area (Å²) >= 11 is 0. The van der Waals surface area contributed by atoms with E-state index in [1.807, 2.05) is 12.1 Å². The summed E-state index contributed by atoms with van der Waals surface area (Å²) in [5, 5.41) is 0. The number of carbonyl (C=O) groups excluding carboxylic acids is 1. The number of aryl methyl sites for hydroxylation is 2. The Kier molecular flexibility index (Phi) is 9.72. The number of hydrogen-bond acceptors (Lipinski definition) is 2. The highest BCUT2D eigenvalue weighted by Gasteiger charge is 2.10. The fourth-order valence-electron chi connectivity index (χ4n) is 4.25. The molecule has 0 heterocycles. The molecule has 0 N–H and O–H groups in total. The molecule has 35 heavy (non-hydrogen) atoms. The summed E-state index contributed by atoms with van der Waals surface area (Å²) in [6, 6.07) is 24.0. The van der Waals surface area contributed by atoms with Crippen molar-refractivity contribution in [2.24, 2.45) is 0 Å². The predicted octanol–water partition coefficient (Wildman–Crippen LogP) is 7.73. The van der Waals surface area contributed by atoms with Gasteiger partial charge >= 0.3 is 0 Å². The Labute approximate surface area is 211 Å². The molecule has 0 aliphatic rings. The van der Waals surface area contributed by atoms with E-state index in [9.17, 15) is 4.79 Å². The highest BCUT2D eigenvalue weighted by molar-refractivity contribution is 5.91. The molecule has 0 atom stereocenters. The van der Waals surface area contributed by atoms with Crippen LogP contribution in [0.4, 0.5) is 0 Å². The molecule has 3 nitrogen and oxygen atoms in total. The zero-order valence-corrected chi connectivity index (χ0v) is 21.8. The standard InChI is InChI=1S/C32H39NO2/c1-6-8-9-10-25-11-13-27(14-12-25)29-17-20-31(26(7-2)23-29)28-15-18-30(19-16-28)35-22-21-33(5)32(34)24(3)4/h11-20,23H,3,6-10,21-22H2,1-2,4-5H3. The minimum absolute atomic E-state index is 0.0533. The average Bonchev–Trinajstić information content (AvgIpc) is 2.88. The number of ether oxygens (including phenoxy) is 1. The normalized spacial score (nSPS) is 10.7. The maximum absolute atomic E-state index is 11.9. The number of unbranched alkanes of at least 4 members (excludes halogenated alkanes) is 2. The monoisotopic (exact) mass is 469 g/mol. The molecule has 0 aromatic heterocycles. The van der Waals surface area contributed by atoms with Gasteiger partial charge in [0.05, 0.1) is 6.54 Å². The lowest BCUT2D eigenvalue weighted by Gasteiger charge is -2.17. The topological polar surface area (TPSA) is 29.5 Å². The van der Waals surface area contributed by atoms with Crippen molar-refractivity contribution >= 4 is 5.91 Å². The van der Waals surface area contributed by atoms with Crippen molar-refractivity contribution in [1.29, 1.82) is 0 Å². The van der Waals surface area contributed by atoms with E-state index >= 15 is 0 Å². The summed E-state index contributed by atoms with van der Waals surface area (Å²) in [7, 11) is 1.77. The Bertz CT molecular complexity index is 1110. The van der Waals surface area contributed by atoms with Gasteiger partial charge in [-0.05, 0) is 71.7 Å². The number of nitrogens with zero attached hydrogens (tertiary/aromatic N) is 1. The molecule has 0 aliphatic carbocycles. The van der Waals surface area contributed by atoms with Crippen molar-refractivity contribution in [1.82, 2.24) is 4.90 Å². The predicted molar refractivity (Wildman–Crippen MR) is 148 cm³/mol. The molecule has 0 unspecified atom stereocenters. The van der Waals surface area contributed by atoms with E-state index in [0.29, 0.717) is 18.7 Å². The number of rotatable bonds is 12. The van der Waals surface area contributed by atoms with E-state index in [-0.39, 0.29) is 5.91 Å². The van der Waals surface area contributed by atoms with Crippen LogP contribution in [0.5, 0.6) is 5.75 Å². The summed E-state index contributed by atoms with van der Waals surface area (Å²) in [6.45, 7) is 10.8. The van der Waals surface area contributed by atoms with Crippen molar-refractivity contribution in [3.05, 3.63) is 90.0 Å². The number of likely N-dealkylation sites (N-methyl/N-ethyl adjacent to an activating group) is 1. The Balaban J connectivity index is 1.65. The first-order chi connectivity index (χ1) is 16.9. The Hall–Kier alpha value is -3.33. The maximum atomic E-state index is 11.9. The third-order valence-corrected chi connectivity index (χ3v) is 6.41. The molecule has 3 aromatic rings. The first-order valence-electron chi connectivity index (χ1n) is 12.8. The molecule has 0 fully saturated rings. The minimum atomic E-state index is -0.0533. The van der Waals surface area contributed by atoms with E-state index in [2.05, 4.69) is 75.0 Å². The van der Waals surface area contributed by atoms with Crippen LogP contribution in [0.25, 0.3) is 22.3 Å². The van der Waals surface area contributed by atoms with Gasteiger partial charge in [-0.2, -0.15) is 0 Å². The van der Waals surface area contributed by atoms with E-state index in [0.717, 1.165) is 18.6 Å². The lowest BCUT2D eigenvalue weighted by Crippen LogP contribution is -2.31. The summed E-state index contributed by atoms with van der Waals surface area (Å²) in [5.41, 5.74) is 8.26. The van der Waals surface area contributed by atoms with Crippen LogP contribution in [0.3, 0.4) is 0 Å². The quantitative estimate of drug-likeness (QED) is 0.201. The summed E-state index contributed by atoms with van der Waals surface area (Å²) in [5.74, 6) is 0.751. The van der Waals surface area contributed by atoms with E-state index in [1.165, 1.54) is 52.6 Å². The number of carbonyl (C=O) groups is 1. The van der Waals surface area contributed by atoms with Crippen LogP contribution in [0.15, 0.2) is 78.9 Å². The molecule has 184 valence electrons. The van der Waals surface area contributed by atoms with Crippen molar-refractivity contribution < 1.29 is 9.53 Å². The summed E-state index contributed by atoms with van der Waals surface area (Å²) < 4.78 is 5.85. The molecular formula is C32H39NO2. The second-order valence-electron chi connectivity index (χ2n) is 9.26. The number of hydrogen-bond donors (Lipinski definition) is 0. The first-order valence-corrected chi connectivity index (χ1v) is 12.8.